The van der Waals surface area contributed by atoms with Gasteiger partial charge in [-0.2, -0.15) is 5.10 Å². The van der Waals surface area contributed by atoms with Gasteiger partial charge in [-0.1, -0.05) is 82.9 Å². The van der Waals surface area contributed by atoms with Gasteiger partial charge in [0.05, 0.1) is 22.0 Å². The van der Waals surface area contributed by atoms with Gasteiger partial charge in [0.2, 0.25) is 0 Å². The van der Waals surface area contributed by atoms with E-state index in [1.165, 1.54) is 28.7 Å². The Morgan fingerprint density at radius 3 is 2.22 bits per heavy atom. The number of ether oxygens (including phenoxy) is 1. The zero-order chi connectivity index (χ0) is 28.8. The minimum Gasteiger partial charge on any atom is -0.486 e. The molecule has 0 bridgehead atoms. The fraction of sp³-hybridized carbons (Fsp3) is 0.0938. The van der Waals surface area contributed by atoms with Gasteiger partial charge in [-0.15, -0.1) is 11.3 Å². The van der Waals surface area contributed by atoms with E-state index in [0.717, 1.165) is 27.6 Å². The maximum atomic E-state index is 12.6. The van der Waals surface area contributed by atoms with Crippen LogP contribution in [0.25, 0.3) is 11.3 Å². The zero-order valence-electron chi connectivity index (χ0n) is 22.3. The standard InChI is InChI=1S/C32H26Cl2N4O2S/c1-20-3-7-22(8-4-20)18-40-30-27(33)15-23(16-28(30)34)17-35-38-31(39)25-11-9-24(10-12-25)29-19-41-32(37-29)36-26-13-5-21(2)6-14-26/h3-17,19H,18H2,1-2H3,(H,36,37)(H,38,39)/b35-17-. The summed E-state index contributed by atoms with van der Waals surface area (Å²) in [5.74, 6) is 0.0522. The van der Waals surface area contributed by atoms with E-state index < -0.39 is 0 Å². The van der Waals surface area contributed by atoms with Crippen LogP contribution in [0, 0.1) is 13.8 Å². The molecular weight excluding hydrogens is 575 g/mol. The summed E-state index contributed by atoms with van der Waals surface area (Å²) in [6.07, 6.45) is 1.48. The highest BCUT2D eigenvalue weighted by atomic mass is 35.5. The molecule has 0 saturated heterocycles. The minimum atomic E-state index is -0.344. The van der Waals surface area contributed by atoms with Crippen LogP contribution in [-0.4, -0.2) is 17.1 Å². The number of thiazole rings is 1. The van der Waals surface area contributed by atoms with E-state index in [4.69, 9.17) is 27.9 Å². The molecule has 0 atom stereocenters. The lowest BCUT2D eigenvalue weighted by Gasteiger charge is -2.11. The summed E-state index contributed by atoms with van der Waals surface area (Å²) in [7, 11) is 0. The number of anilines is 2. The molecule has 0 aliphatic carbocycles. The van der Waals surface area contributed by atoms with Crippen molar-refractivity contribution in [3.05, 3.63) is 128 Å². The number of carbonyl (C=O) groups excluding carboxylic acids is 1. The Balaban J connectivity index is 1.16. The van der Waals surface area contributed by atoms with E-state index in [9.17, 15) is 4.79 Å². The minimum absolute atomic E-state index is 0.343. The molecule has 0 aliphatic heterocycles. The van der Waals surface area contributed by atoms with Gasteiger partial charge in [-0.05, 0) is 61.4 Å². The first kappa shape index (κ1) is 28.4. The van der Waals surface area contributed by atoms with E-state index in [0.29, 0.717) is 33.5 Å². The summed E-state index contributed by atoms with van der Waals surface area (Å²) >= 11 is 14.3. The first-order valence-electron chi connectivity index (χ1n) is 12.7. The lowest BCUT2D eigenvalue weighted by atomic mass is 10.1. The Kier molecular flexibility index (Phi) is 8.99. The topological polar surface area (TPSA) is 75.6 Å². The molecule has 9 heteroatoms. The molecule has 1 amide bonds. The molecule has 0 saturated carbocycles. The third kappa shape index (κ3) is 7.52. The Hall–Kier alpha value is -4.17. The monoisotopic (exact) mass is 600 g/mol. The maximum Gasteiger partial charge on any atom is 0.271 e. The SMILES string of the molecule is Cc1ccc(COc2c(Cl)cc(/C=N\NC(=O)c3ccc(-c4csc(Nc5ccc(C)cc5)n4)cc3)cc2Cl)cc1. The van der Waals surface area contributed by atoms with E-state index in [-0.39, 0.29) is 5.91 Å². The van der Waals surface area contributed by atoms with Gasteiger partial charge in [-0.25, -0.2) is 10.4 Å². The van der Waals surface area contributed by atoms with Crippen molar-refractivity contribution < 1.29 is 9.53 Å². The van der Waals surface area contributed by atoms with Gasteiger partial charge in [0.25, 0.3) is 5.91 Å². The number of nitrogens with one attached hydrogen (secondary N) is 2. The third-order valence-electron chi connectivity index (χ3n) is 6.15. The second-order valence-corrected chi connectivity index (χ2v) is 11.1. The van der Waals surface area contributed by atoms with Crippen molar-refractivity contribution in [1.29, 1.82) is 0 Å². The van der Waals surface area contributed by atoms with Gasteiger partial charge < -0.3 is 10.1 Å². The number of hydrogen-bond acceptors (Lipinski definition) is 6. The highest BCUT2D eigenvalue weighted by Crippen LogP contribution is 2.34. The van der Waals surface area contributed by atoms with Gasteiger partial charge in [0, 0.05) is 22.2 Å². The van der Waals surface area contributed by atoms with Crippen molar-refractivity contribution in [3.8, 4) is 17.0 Å². The van der Waals surface area contributed by atoms with E-state index in [1.807, 2.05) is 73.0 Å². The molecule has 0 radical (unpaired) electrons. The summed E-state index contributed by atoms with van der Waals surface area (Å²) in [5, 5.41) is 10.9. The fourth-order valence-electron chi connectivity index (χ4n) is 3.88. The van der Waals surface area contributed by atoms with Crippen molar-refractivity contribution in [2.24, 2.45) is 5.10 Å². The lowest BCUT2D eigenvalue weighted by molar-refractivity contribution is 0.0955. The Morgan fingerprint density at radius 1 is 0.927 bits per heavy atom. The summed E-state index contributed by atoms with van der Waals surface area (Å²) < 4.78 is 5.84. The second kappa shape index (κ2) is 13.0. The van der Waals surface area contributed by atoms with Crippen molar-refractivity contribution in [2.75, 3.05) is 5.32 Å². The molecule has 0 unspecified atom stereocenters. The van der Waals surface area contributed by atoms with Crippen LogP contribution in [0.1, 0.15) is 32.6 Å². The average Bonchev–Trinajstić information content (AvgIpc) is 3.43. The largest absolute Gasteiger partial charge is 0.486 e. The number of aryl methyl sites for hydroxylation is 2. The number of hydrazone groups is 1. The van der Waals surface area contributed by atoms with Crippen LogP contribution in [-0.2, 0) is 6.61 Å². The average molecular weight is 602 g/mol. The quantitative estimate of drug-likeness (QED) is 0.131. The van der Waals surface area contributed by atoms with Crippen molar-refractivity contribution in [3.63, 3.8) is 0 Å². The Labute approximate surface area is 252 Å². The number of halogens is 2. The molecule has 1 heterocycles. The highest BCUT2D eigenvalue weighted by Gasteiger charge is 2.11. The number of benzene rings is 4. The molecule has 6 nitrogen and oxygen atoms in total. The molecule has 0 spiro atoms. The number of carbonyl (C=O) groups is 1. The van der Waals surface area contributed by atoms with Crippen LogP contribution in [0.3, 0.4) is 0 Å². The lowest BCUT2D eigenvalue weighted by Crippen LogP contribution is -2.17. The Bertz CT molecular complexity index is 1660. The van der Waals surface area contributed by atoms with Crippen molar-refractivity contribution >= 4 is 57.5 Å². The van der Waals surface area contributed by atoms with Crippen LogP contribution >= 0.6 is 34.5 Å². The number of rotatable bonds is 9. The smallest absolute Gasteiger partial charge is 0.271 e. The summed E-state index contributed by atoms with van der Waals surface area (Å²) in [6, 6.07) is 26.7. The van der Waals surface area contributed by atoms with E-state index >= 15 is 0 Å². The zero-order valence-corrected chi connectivity index (χ0v) is 24.6. The molecule has 5 rings (SSSR count). The molecular formula is C32H26Cl2N4O2S. The predicted octanol–water partition coefficient (Wildman–Crippen LogP) is 8.82. The normalized spacial score (nSPS) is 11.0. The fourth-order valence-corrected chi connectivity index (χ4v) is 5.23. The maximum absolute atomic E-state index is 12.6. The summed E-state index contributed by atoms with van der Waals surface area (Å²) in [5.41, 5.74) is 9.73. The first-order valence-corrected chi connectivity index (χ1v) is 14.4. The van der Waals surface area contributed by atoms with Crippen LogP contribution in [0.2, 0.25) is 10.0 Å². The van der Waals surface area contributed by atoms with Gasteiger partial charge in [0.1, 0.15) is 6.61 Å². The van der Waals surface area contributed by atoms with Gasteiger partial charge in [0.15, 0.2) is 10.9 Å². The molecule has 0 fully saturated rings. The van der Waals surface area contributed by atoms with E-state index in [1.54, 1.807) is 24.3 Å². The van der Waals surface area contributed by atoms with Crippen molar-refractivity contribution in [1.82, 2.24) is 10.4 Å². The molecule has 2 N–H and O–H groups in total. The summed E-state index contributed by atoms with van der Waals surface area (Å²) in [4.78, 5) is 17.3. The number of aromatic nitrogens is 1. The Morgan fingerprint density at radius 2 is 1.56 bits per heavy atom. The van der Waals surface area contributed by atoms with Crippen LogP contribution in [0.4, 0.5) is 10.8 Å². The number of hydrogen-bond donors (Lipinski definition) is 2. The molecule has 5 aromatic rings. The van der Waals surface area contributed by atoms with Crippen LogP contribution in [0.15, 0.2) is 95.4 Å². The second-order valence-electron chi connectivity index (χ2n) is 9.39. The molecule has 41 heavy (non-hydrogen) atoms. The van der Waals surface area contributed by atoms with Crippen LogP contribution in [0.5, 0.6) is 5.75 Å². The van der Waals surface area contributed by atoms with E-state index in [2.05, 4.69) is 27.8 Å². The van der Waals surface area contributed by atoms with Gasteiger partial charge >= 0.3 is 0 Å². The summed E-state index contributed by atoms with van der Waals surface area (Å²) in [6.45, 7) is 4.42. The molecule has 4 aromatic carbocycles. The van der Waals surface area contributed by atoms with Crippen molar-refractivity contribution in [2.45, 2.75) is 20.5 Å². The van der Waals surface area contributed by atoms with Crippen LogP contribution < -0.4 is 15.5 Å². The molecule has 0 aliphatic rings. The highest BCUT2D eigenvalue weighted by molar-refractivity contribution is 7.14. The number of amides is 1. The van der Waals surface area contributed by atoms with Gasteiger partial charge in [-0.3, -0.25) is 4.79 Å². The molecule has 206 valence electrons. The number of nitrogens with zero attached hydrogens (tertiary/aromatic N) is 2. The molecule has 1 aromatic heterocycles. The first-order chi connectivity index (χ1) is 19.8. The third-order valence-corrected chi connectivity index (χ3v) is 7.47. The predicted molar refractivity (Wildman–Crippen MR) is 169 cm³/mol.